The van der Waals surface area contributed by atoms with E-state index in [0.717, 1.165) is 57.7 Å². The second-order valence-corrected chi connectivity index (χ2v) is 9.31. The van der Waals surface area contributed by atoms with Gasteiger partial charge in [-0.15, -0.1) is 0 Å². The number of nitrogens with two attached hydrogens (primary N) is 1. The van der Waals surface area contributed by atoms with E-state index < -0.39 is 5.54 Å². The Balaban J connectivity index is 1.67. The largest absolute Gasteiger partial charge is 0.321 e. The Labute approximate surface area is 219 Å². The smallest absolute Gasteiger partial charge is 0.115 e. The van der Waals surface area contributed by atoms with Crippen molar-refractivity contribution in [3.63, 3.8) is 0 Å². The van der Waals surface area contributed by atoms with Gasteiger partial charge in [0.05, 0.1) is 5.69 Å². The van der Waals surface area contributed by atoms with Crippen molar-refractivity contribution in [1.82, 2.24) is 9.97 Å². The summed E-state index contributed by atoms with van der Waals surface area (Å²) in [5.74, 6) is 0. The zero-order valence-corrected chi connectivity index (χ0v) is 21.4. The molecule has 2 N–H and O–H groups in total. The minimum Gasteiger partial charge on any atom is -0.321 e. The van der Waals surface area contributed by atoms with Crippen molar-refractivity contribution in [2.24, 2.45) is 5.73 Å². The van der Waals surface area contributed by atoms with Crippen LogP contribution in [0, 0.1) is 0 Å². The van der Waals surface area contributed by atoms with Gasteiger partial charge in [0.15, 0.2) is 0 Å². The molecule has 0 aliphatic rings. The second kappa shape index (κ2) is 10.8. The van der Waals surface area contributed by atoms with Crippen LogP contribution in [-0.2, 0) is 5.54 Å². The summed E-state index contributed by atoms with van der Waals surface area (Å²) in [5.41, 5.74) is 15.4. The van der Waals surface area contributed by atoms with Crippen molar-refractivity contribution in [2.45, 2.75) is 32.2 Å². The number of nitrogens with zero attached hydrogens (tertiary/aromatic N) is 3. The number of anilines is 3. The van der Waals surface area contributed by atoms with Crippen LogP contribution in [0.4, 0.5) is 17.1 Å². The van der Waals surface area contributed by atoms with Crippen molar-refractivity contribution < 1.29 is 0 Å². The van der Waals surface area contributed by atoms with E-state index in [1.165, 1.54) is 0 Å². The van der Waals surface area contributed by atoms with Gasteiger partial charge in [-0.25, -0.2) is 9.97 Å². The fourth-order valence-corrected chi connectivity index (χ4v) is 4.83. The lowest BCUT2D eigenvalue weighted by atomic mass is 9.83. The van der Waals surface area contributed by atoms with E-state index >= 15 is 0 Å². The van der Waals surface area contributed by atoms with Crippen molar-refractivity contribution in [3.8, 4) is 22.3 Å². The molecular weight excluding hydrogens is 452 g/mol. The summed E-state index contributed by atoms with van der Waals surface area (Å²) < 4.78 is 0. The van der Waals surface area contributed by atoms with Gasteiger partial charge in [0, 0.05) is 34.9 Å². The number of benzene rings is 4. The predicted molar refractivity (Wildman–Crippen MR) is 154 cm³/mol. The normalized spacial score (nSPS) is 11.3. The average Bonchev–Trinajstić information content (AvgIpc) is 2.98. The van der Waals surface area contributed by atoms with E-state index in [1.54, 1.807) is 6.33 Å². The minimum absolute atomic E-state index is 0.438. The minimum atomic E-state index is -0.438. The monoisotopic (exact) mass is 484 g/mol. The molecular formula is C33H32N4. The molecule has 0 fully saturated rings. The molecule has 0 aliphatic carbocycles. The first kappa shape index (κ1) is 24.4. The van der Waals surface area contributed by atoms with E-state index in [-0.39, 0.29) is 0 Å². The molecule has 0 bridgehead atoms. The van der Waals surface area contributed by atoms with Gasteiger partial charge < -0.3 is 10.6 Å². The Morgan fingerprint density at radius 2 is 1.11 bits per heavy atom. The maximum absolute atomic E-state index is 7.05. The highest BCUT2D eigenvalue weighted by atomic mass is 15.1. The van der Waals surface area contributed by atoms with Gasteiger partial charge in [-0.05, 0) is 65.4 Å². The Morgan fingerprint density at radius 3 is 1.62 bits per heavy atom. The lowest BCUT2D eigenvalue weighted by molar-refractivity contribution is 0.413. The molecule has 37 heavy (non-hydrogen) atoms. The number of rotatable bonds is 8. The molecule has 5 aromatic rings. The number of para-hydroxylation sites is 2. The topological polar surface area (TPSA) is 55.0 Å². The fraction of sp³-hybridized carbons (Fsp3) is 0.152. The van der Waals surface area contributed by atoms with Crippen molar-refractivity contribution in [3.05, 3.63) is 127 Å². The summed E-state index contributed by atoms with van der Waals surface area (Å²) in [4.78, 5) is 10.6. The Morgan fingerprint density at radius 1 is 0.622 bits per heavy atom. The summed E-state index contributed by atoms with van der Waals surface area (Å²) in [6.07, 6.45) is 6.92. The standard InChI is InChI=1S/C33H32N4/c1-3-33(34,4-2)31-20-19-27(25-15-17-26(18-16-25)28-22-35-24-36-23-28)21-32(31)37(29-11-7-5-8-12-29)30-13-9-6-10-14-30/h5-24H,3-4,34H2,1-2H3. The first-order valence-corrected chi connectivity index (χ1v) is 12.8. The third-order valence-electron chi connectivity index (χ3n) is 7.18. The number of hydrogen-bond acceptors (Lipinski definition) is 4. The molecule has 0 aliphatic heterocycles. The highest BCUT2D eigenvalue weighted by Crippen LogP contribution is 2.43. The van der Waals surface area contributed by atoms with Crippen LogP contribution in [0.3, 0.4) is 0 Å². The number of aromatic nitrogens is 2. The molecule has 4 heteroatoms. The molecule has 0 radical (unpaired) electrons. The van der Waals surface area contributed by atoms with Crippen LogP contribution in [0.25, 0.3) is 22.3 Å². The van der Waals surface area contributed by atoms with Crippen LogP contribution in [-0.4, -0.2) is 9.97 Å². The molecule has 0 unspecified atom stereocenters. The SMILES string of the molecule is CCC(N)(CC)c1ccc(-c2ccc(-c3cncnc3)cc2)cc1N(c1ccccc1)c1ccccc1. The summed E-state index contributed by atoms with van der Waals surface area (Å²) in [6.45, 7) is 4.34. The molecule has 0 saturated carbocycles. The van der Waals surface area contributed by atoms with Gasteiger partial charge in [0.25, 0.3) is 0 Å². The zero-order chi connectivity index (χ0) is 25.7. The summed E-state index contributed by atoms with van der Waals surface area (Å²) >= 11 is 0. The first-order chi connectivity index (χ1) is 18.1. The van der Waals surface area contributed by atoms with Crippen LogP contribution < -0.4 is 10.6 Å². The van der Waals surface area contributed by atoms with Crippen molar-refractivity contribution in [1.29, 1.82) is 0 Å². The number of hydrogen-bond donors (Lipinski definition) is 1. The van der Waals surface area contributed by atoms with E-state index in [9.17, 15) is 0 Å². The second-order valence-electron chi connectivity index (χ2n) is 9.31. The maximum Gasteiger partial charge on any atom is 0.115 e. The van der Waals surface area contributed by atoms with Crippen molar-refractivity contribution in [2.75, 3.05) is 4.90 Å². The first-order valence-electron chi connectivity index (χ1n) is 12.8. The molecule has 4 aromatic carbocycles. The lowest BCUT2D eigenvalue weighted by Crippen LogP contribution is -2.36. The van der Waals surface area contributed by atoms with Crippen LogP contribution >= 0.6 is 0 Å². The van der Waals surface area contributed by atoms with E-state index in [4.69, 9.17) is 5.73 Å². The maximum atomic E-state index is 7.05. The zero-order valence-electron chi connectivity index (χ0n) is 21.4. The quantitative estimate of drug-likeness (QED) is 0.241. The van der Waals surface area contributed by atoms with Crippen LogP contribution in [0.1, 0.15) is 32.3 Å². The van der Waals surface area contributed by atoms with E-state index in [2.05, 4.69) is 132 Å². The van der Waals surface area contributed by atoms with Gasteiger partial charge in [-0.2, -0.15) is 0 Å². The molecule has 4 nitrogen and oxygen atoms in total. The van der Waals surface area contributed by atoms with Gasteiger partial charge in [-0.3, -0.25) is 0 Å². The lowest BCUT2D eigenvalue weighted by Gasteiger charge is -2.35. The van der Waals surface area contributed by atoms with Crippen LogP contribution in [0.5, 0.6) is 0 Å². The predicted octanol–water partition coefficient (Wildman–Crippen LogP) is 8.25. The van der Waals surface area contributed by atoms with Gasteiger partial charge in [0.1, 0.15) is 6.33 Å². The molecule has 0 saturated heterocycles. The van der Waals surface area contributed by atoms with Gasteiger partial charge in [0.2, 0.25) is 0 Å². The molecule has 0 atom stereocenters. The Kier molecular flexibility index (Phi) is 7.11. The summed E-state index contributed by atoms with van der Waals surface area (Å²) in [6, 6.07) is 36.3. The van der Waals surface area contributed by atoms with Gasteiger partial charge in [-0.1, -0.05) is 86.6 Å². The molecule has 1 heterocycles. The summed E-state index contributed by atoms with van der Waals surface area (Å²) in [7, 11) is 0. The average molecular weight is 485 g/mol. The van der Waals surface area contributed by atoms with Crippen LogP contribution in [0.2, 0.25) is 0 Å². The molecule has 184 valence electrons. The van der Waals surface area contributed by atoms with Crippen LogP contribution in [0.15, 0.2) is 122 Å². The fourth-order valence-electron chi connectivity index (χ4n) is 4.83. The highest BCUT2D eigenvalue weighted by Gasteiger charge is 2.29. The van der Waals surface area contributed by atoms with E-state index in [1.807, 2.05) is 12.4 Å². The van der Waals surface area contributed by atoms with Gasteiger partial charge >= 0.3 is 0 Å². The van der Waals surface area contributed by atoms with E-state index in [0.29, 0.717) is 0 Å². The molecule has 0 amide bonds. The van der Waals surface area contributed by atoms with Crippen molar-refractivity contribution >= 4 is 17.1 Å². The molecule has 5 rings (SSSR count). The third-order valence-corrected chi connectivity index (χ3v) is 7.18. The Bertz CT molecular complexity index is 1390. The summed E-state index contributed by atoms with van der Waals surface area (Å²) in [5, 5.41) is 0. The third kappa shape index (κ3) is 5.02. The molecule has 0 spiro atoms. The molecule has 1 aromatic heterocycles. The Hall–Kier alpha value is -4.28. The highest BCUT2D eigenvalue weighted by molar-refractivity contribution is 5.83.